The number of fused-ring (bicyclic) bond motifs is 3. The molecule has 0 aromatic heterocycles. The van der Waals surface area contributed by atoms with E-state index in [4.69, 9.17) is 10.00 Å². The number of hydrogen-bond acceptors (Lipinski definition) is 4. The van der Waals surface area contributed by atoms with Gasteiger partial charge in [0.1, 0.15) is 24.2 Å². The summed E-state index contributed by atoms with van der Waals surface area (Å²) in [6.45, 7) is 0.0870. The fourth-order valence-corrected chi connectivity index (χ4v) is 3.49. The van der Waals surface area contributed by atoms with E-state index in [0.29, 0.717) is 0 Å². The highest BCUT2D eigenvalue weighted by Gasteiger charge is 2.29. The minimum atomic E-state index is -0.843. The van der Waals surface area contributed by atoms with E-state index in [1.807, 2.05) is 48.5 Å². The van der Waals surface area contributed by atoms with E-state index < -0.39 is 17.7 Å². The molecule has 1 aliphatic carbocycles. The third kappa shape index (κ3) is 3.03. The fourth-order valence-electron chi connectivity index (χ4n) is 3.49. The first-order valence-electron chi connectivity index (χ1n) is 8.63. The number of phenolic OH excluding ortho intramolecular Hbond substituents is 1. The van der Waals surface area contributed by atoms with Gasteiger partial charge in [0.2, 0.25) is 0 Å². The Morgan fingerprint density at radius 3 is 2.32 bits per heavy atom. The molecule has 0 saturated carbocycles. The van der Waals surface area contributed by atoms with Gasteiger partial charge in [-0.15, -0.1) is 0 Å². The maximum absolute atomic E-state index is 14.0. The van der Waals surface area contributed by atoms with Gasteiger partial charge in [-0.2, -0.15) is 5.26 Å². The Morgan fingerprint density at radius 2 is 1.71 bits per heavy atom. The summed E-state index contributed by atoms with van der Waals surface area (Å²) in [7, 11) is 0. The summed E-state index contributed by atoms with van der Waals surface area (Å²) in [6, 6.07) is 19.4. The highest BCUT2D eigenvalue weighted by molar-refractivity contribution is 5.86. The Bertz CT molecular complexity index is 1080. The molecule has 0 heterocycles. The molecule has 0 atom stereocenters. The number of nitrogens with one attached hydrogen (secondary N) is 1. The van der Waals surface area contributed by atoms with E-state index >= 15 is 0 Å². The van der Waals surface area contributed by atoms with Gasteiger partial charge >= 0.3 is 6.09 Å². The molecular formula is C22H15FN2O3. The highest BCUT2D eigenvalue weighted by atomic mass is 19.1. The summed E-state index contributed by atoms with van der Waals surface area (Å²) in [5.74, 6) is -1.36. The molecule has 5 nitrogen and oxygen atoms in total. The predicted molar refractivity (Wildman–Crippen MR) is 101 cm³/mol. The molecule has 3 aromatic carbocycles. The van der Waals surface area contributed by atoms with Crippen LogP contribution in [0.5, 0.6) is 5.75 Å². The molecule has 0 unspecified atom stereocenters. The number of ether oxygens (including phenoxy) is 1. The molecule has 4 rings (SSSR count). The number of halogens is 1. The van der Waals surface area contributed by atoms with Crippen LogP contribution in [0, 0.1) is 17.1 Å². The third-order valence-corrected chi connectivity index (χ3v) is 4.79. The molecule has 1 amide bonds. The predicted octanol–water partition coefficient (Wildman–Crippen LogP) is 4.76. The number of rotatable bonds is 3. The number of phenols is 1. The molecule has 0 spiro atoms. The van der Waals surface area contributed by atoms with Crippen LogP contribution in [0.15, 0.2) is 60.7 Å². The lowest BCUT2D eigenvalue weighted by Gasteiger charge is -2.15. The van der Waals surface area contributed by atoms with Crippen LogP contribution in [-0.2, 0) is 4.74 Å². The number of amides is 1. The molecule has 0 radical (unpaired) electrons. The first kappa shape index (κ1) is 17.6. The Balaban J connectivity index is 1.50. The van der Waals surface area contributed by atoms with E-state index in [2.05, 4.69) is 5.32 Å². The van der Waals surface area contributed by atoms with Gasteiger partial charge in [0, 0.05) is 12.0 Å². The number of nitrogens with zero attached hydrogens (tertiary/aromatic N) is 1. The van der Waals surface area contributed by atoms with Crippen LogP contribution >= 0.6 is 0 Å². The van der Waals surface area contributed by atoms with Crippen molar-refractivity contribution in [3.05, 3.63) is 83.2 Å². The molecule has 6 heteroatoms. The maximum Gasteiger partial charge on any atom is 0.411 e. The van der Waals surface area contributed by atoms with Gasteiger partial charge in [0.25, 0.3) is 0 Å². The van der Waals surface area contributed by atoms with Gasteiger partial charge in [0.15, 0.2) is 0 Å². The summed E-state index contributed by atoms with van der Waals surface area (Å²) < 4.78 is 19.3. The monoisotopic (exact) mass is 374 g/mol. The number of carbonyl (C=O) groups excluding carboxylic acids is 1. The minimum Gasteiger partial charge on any atom is -0.506 e. The van der Waals surface area contributed by atoms with Crippen molar-refractivity contribution in [2.75, 3.05) is 11.9 Å². The molecule has 138 valence electrons. The molecule has 2 N–H and O–H groups in total. The molecule has 0 aliphatic heterocycles. The molecular weight excluding hydrogens is 359 g/mol. The average Bonchev–Trinajstić information content (AvgIpc) is 3.03. The molecule has 0 bridgehead atoms. The van der Waals surface area contributed by atoms with Crippen LogP contribution in [0.3, 0.4) is 0 Å². The second-order valence-electron chi connectivity index (χ2n) is 6.41. The Hall–Kier alpha value is -3.85. The van der Waals surface area contributed by atoms with Crippen molar-refractivity contribution in [2.45, 2.75) is 5.92 Å². The summed E-state index contributed by atoms with van der Waals surface area (Å²) in [6.07, 6.45) is -0.843. The van der Waals surface area contributed by atoms with Crippen LogP contribution in [0.4, 0.5) is 14.9 Å². The second kappa shape index (κ2) is 7.05. The van der Waals surface area contributed by atoms with Crippen molar-refractivity contribution in [2.24, 2.45) is 0 Å². The fraction of sp³-hybridized carbons (Fsp3) is 0.0909. The van der Waals surface area contributed by atoms with Crippen molar-refractivity contribution in [1.29, 1.82) is 5.26 Å². The van der Waals surface area contributed by atoms with E-state index in [9.17, 15) is 14.3 Å². The zero-order valence-electron chi connectivity index (χ0n) is 14.6. The summed E-state index contributed by atoms with van der Waals surface area (Å²) in [4.78, 5) is 12.2. The number of nitriles is 1. The lowest BCUT2D eigenvalue weighted by atomic mass is 9.98. The average molecular weight is 374 g/mol. The Morgan fingerprint density at radius 1 is 1.11 bits per heavy atom. The number of anilines is 1. The SMILES string of the molecule is N#Cc1cc(F)c(NC(=O)OCC2c3ccccc3-c3ccccc32)cc1O. The summed E-state index contributed by atoms with van der Waals surface area (Å²) in [5, 5.41) is 20.7. The van der Waals surface area contributed by atoms with Gasteiger partial charge in [-0.3, -0.25) is 5.32 Å². The van der Waals surface area contributed by atoms with Gasteiger partial charge < -0.3 is 9.84 Å². The van der Waals surface area contributed by atoms with Crippen LogP contribution in [0.1, 0.15) is 22.6 Å². The minimum absolute atomic E-state index is 0.0870. The molecule has 28 heavy (non-hydrogen) atoms. The summed E-state index contributed by atoms with van der Waals surface area (Å²) >= 11 is 0. The van der Waals surface area contributed by atoms with E-state index in [1.165, 1.54) is 0 Å². The third-order valence-electron chi connectivity index (χ3n) is 4.79. The largest absolute Gasteiger partial charge is 0.506 e. The molecule has 0 saturated heterocycles. The van der Waals surface area contributed by atoms with Crippen molar-refractivity contribution in [1.82, 2.24) is 0 Å². The zero-order valence-corrected chi connectivity index (χ0v) is 14.6. The zero-order chi connectivity index (χ0) is 19.7. The van der Waals surface area contributed by atoms with Crippen molar-refractivity contribution in [3.63, 3.8) is 0 Å². The smallest absolute Gasteiger partial charge is 0.411 e. The molecule has 3 aromatic rings. The van der Waals surface area contributed by atoms with Crippen LogP contribution in [-0.4, -0.2) is 17.8 Å². The Kier molecular flexibility index (Phi) is 4.42. The van der Waals surface area contributed by atoms with Crippen molar-refractivity contribution >= 4 is 11.8 Å². The lowest BCUT2D eigenvalue weighted by Crippen LogP contribution is -2.18. The van der Waals surface area contributed by atoms with Crippen molar-refractivity contribution in [3.8, 4) is 22.9 Å². The van der Waals surface area contributed by atoms with Gasteiger partial charge in [-0.25, -0.2) is 9.18 Å². The lowest BCUT2D eigenvalue weighted by molar-refractivity contribution is 0.158. The van der Waals surface area contributed by atoms with E-state index in [1.54, 1.807) is 6.07 Å². The topological polar surface area (TPSA) is 82.4 Å². The highest BCUT2D eigenvalue weighted by Crippen LogP contribution is 2.44. The number of hydrogen-bond donors (Lipinski definition) is 2. The van der Waals surface area contributed by atoms with Crippen LogP contribution in [0.2, 0.25) is 0 Å². The van der Waals surface area contributed by atoms with E-state index in [-0.39, 0.29) is 23.8 Å². The standard InChI is InChI=1S/C22H15FN2O3/c23-19-9-13(11-24)21(26)10-20(19)25-22(27)28-12-18-16-7-3-1-5-14(16)15-6-2-4-8-17(15)18/h1-10,18,26H,12H2,(H,25,27). The maximum atomic E-state index is 14.0. The molecule has 1 aliphatic rings. The molecule has 0 fully saturated rings. The number of carbonyl (C=O) groups is 1. The quantitative estimate of drug-likeness (QED) is 0.692. The summed E-state index contributed by atoms with van der Waals surface area (Å²) in [5.41, 5.74) is 3.88. The normalized spacial score (nSPS) is 12.0. The van der Waals surface area contributed by atoms with Crippen molar-refractivity contribution < 1.29 is 19.0 Å². The van der Waals surface area contributed by atoms with Crippen LogP contribution in [0.25, 0.3) is 11.1 Å². The van der Waals surface area contributed by atoms with Gasteiger partial charge in [-0.1, -0.05) is 48.5 Å². The first-order chi connectivity index (χ1) is 13.6. The number of aromatic hydroxyl groups is 1. The Labute approximate surface area is 160 Å². The second-order valence-corrected chi connectivity index (χ2v) is 6.41. The van der Waals surface area contributed by atoms with Gasteiger partial charge in [0.05, 0.1) is 11.3 Å². The first-order valence-corrected chi connectivity index (χ1v) is 8.63. The van der Waals surface area contributed by atoms with Crippen LogP contribution < -0.4 is 5.32 Å². The van der Waals surface area contributed by atoms with Gasteiger partial charge in [-0.05, 0) is 28.3 Å². The number of benzene rings is 3. The van der Waals surface area contributed by atoms with E-state index in [0.717, 1.165) is 34.4 Å².